The first-order valence-corrected chi connectivity index (χ1v) is 10.8. The Bertz CT molecular complexity index is 1230. The molecule has 160 valence electrons. The van der Waals surface area contributed by atoms with Gasteiger partial charge in [0, 0.05) is 30.4 Å². The number of amides is 2. The maximum absolute atomic E-state index is 13.2. The zero-order valence-electron chi connectivity index (χ0n) is 18.0. The molecule has 2 aliphatic heterocycles. The molecule has 0 radical (unpaired) electrons. The maximum atomic E-state index is 13.2. The van der Waals surface area contributed by atoms with Gasteiger partial charge in [0.15, 0.2) is 0 Å². The second-order valence-electron chi connectivity index (χ2n) is 8.08. The van der Waals surface area contributed by atoms with Gasteiger partial charge < -0.3 is 9.64 Å². The first-order chi connectivity index (χ1) is 15.6. The molecule has 2 heterocycles. The molecule has 0 aromatic heterocycles. The molecule has 2 aliphatic rings. The molecule has 5 rings (SSSR count). The maximum Gasteiger partial charge on any atom is 0.261 e. The number of benzene rings is 3. The largest absolute Gasteiger partial charge is 0.497 e. The van der Waals surface area contributed by atoms with Crippen molar-refractivity contribution < 1.29 is 14.3 Å². The van der Waals surface area contributed by atoms with E-state index in [1.807, 2.05) is 24.3 Å². The van der Waals surface area contributed by atoms with E-state index < -0.39 is 0 Å². The Morgan fingerprint density at radius 3 is 2.53 bits per heavy atom. The zero-order valence-corrected chi connectivity index (χ0v) is 18.0. The van der Waals surface area contributed by atoms with Crippen molar-refractivity contribution in [2.45, 2.75) is 19.4 Å². The molecule has 5 nitrogen and oxygen atoms in total. The van der Waals surface area contributed by atoms with Gasteiger partial charge in [-0.1, -0.05) is 48.5 Å². The van der Waals surface area contributed by atoms with Crippen molar-refractivity contribution >= 4 is 29.3 Å². The summed E-state index contributed by atoms with van der Waals surface area (Å²) in [5.74, 6) is 0.109. The van der Waals surface area contributed by atoms with Crippen LogP contribution in [0.15, 0.2) is 78.4 Å². The Morgan fingerprint density at radius 2 is 1.69 bits per heavy atom. The van der Waals surface area contributed by atoms with E-state index in [1.54, 1.807) is 31.4 Å². The fourth-order valence-electron chi connectivity index (χ4n) is 4.48. The number of rotatable bonds is 4. The minimum Gasteiger partial charge on any atom is -0.497 e. The lowest BCUT2D eigenvalue weighted by Crippen LogP contribution is -2.30. The molecule has 0 unspecified atom stereocenters. The van der Waals surface area contributed by atoms with Crippen LogP contribution in [0.3, 0.4) is 0 Å². The van der Waals surface area contributed by atoms with Crippen LogP contribution < -0.4 is 14.5 Å². The van der Waals surface area contributed by atoms with E-state index >= 15 is 0 Å². The molecule has 0 bridgehead atoms. The van der Waals surface area contributed by atoms with Gasteiger partial charge >= 0.3 is 0 Å². The summed E-state index contributed by atoms with van der Waals surface area (Å²) < 4.78 is 5.25. The lowest BCUT2D eigenvalue weighted by atomic mass is 9.98. The summed E-state index contributed by atoms with van der Waals surface area (Å²) in [5, 5.41) is 0. The summed E-state index contributed by atoms with van der Waals surface area (Å²) >= 11 is 0. The summed E-state index contributed by atoms with van der Waals surface area (Å²) in [5.41, 5.74) is 5.79. The Kier molecular flexibility index (Phi) is 5.23. The van der Waals surface area contributed by atoms with E-state index in [4.69, 9.17) is 4.74 Å². The number of ether oxygens (including phenoxy) is 1. The Morgan fingerprint density at radius 1 is 0.906 bits per heavy atom. The first kappa shape index (κ1) is 20.1. The van der Waals surface area contributed by atoms with Gasteiger partial charge in [0.25, 0.3) is 5.91 Å². The minimum atomic E-state index is -0.276. The van der Waals surface area contributed by atoms with E-state index in [9.17, 15) is 9.59 Å². The predicted octanol–water partition coefficient (Wildman–Crippen LogP) is 4.60. The molecule has 32 heavy (non-hydrogen) atoms. The average Bonchev–Trinajstić information content (AvgIpc) is 3.11. The highest BCUT2D eigenvalue weighted by Gasteiger charge is 2.35. The summed E-state index contributed by atoms with van der Waals surface area (Å²) in [4.78, 5) is 29.5. The molecule has 0 saturated carbocycles. The molecule has 2 amide bonds. The number of hydrogen-bond donors (Lipinski definition) is 0. The van der Waals surface area contributed by atoms with Crippen molar-refractivity contribution in [1.82, 2.24) is 0 Å². The van der Waals surface area contributed by atoms with Crippen LogP contribution in [0.5, 0.6) is 5.75 Å². The molecule has 1 saturated heterocycles. The van der Waals surface area contributed by atoms with Crippen molar-refractivity contribution in [1.29, 1.82) is 0 Å². The van der Waals surface area contributed by atoms with Crippen molar-refractivity contribution in [3.63, 3.8) is 0 Å². The van der Waals surface area contributed by atoms with E-state index in [0.717, 1.165) is 30.8 Å². The minimum absolute atomic E-state index is 0.0905. The second-order valence-corrected chi connectivity index (χ2v) is 8.08. The number of hydrogen-bond acceptors (Lipinski definition) is 4. The third kappa shape index (κ3) is 3.66. The Labute approximate surface area is 187 Å². The number of imide groups is 1. The van der Waals surface area contributed by atoms with Gasteiger partial charge in [-0.05, 0) is 47.4 Å². The van der Waals surface area contributed by atoms with Crippen LogP contribution in [0, 0.1) is 0 Å². The number of nitrogens with zero attached hydrogens (tertiary/aromatic N) is 2. The molecule has 0 aliphatic carbocycles. The van der Waals surface area contributed by atoms with Crippen molar-refractivity contribution in [2.75, 3.05) is 23.5 Å². The average molecular weight is 425 g/mol. The Hall–Kier alpha value is -3.86. The van der Waals surface area contributed by atoms with Gasteiger partial charge in [0.2, 0.25) is 5.91 Å². The van der Waals surface area contributed by atoms with Gasteiger partial charge in [-0.2, -0.15) is 0 Å². The highest BCUT2D eigenvalue weighted by atomic mass is 16.5. The van der Waals surface area contributed by atoms with Crippen molar-refractivity contribution in [2.24, 2.45) is 0 Å². The summed E-state index contributed by atoms with van der Waals surface area (Å²) in [6, 6.07) is 23.6. The number of fused-ring (bicyclic) bond motifs is 1. The highest BCUT2D eigenvalue weighted by Crippen LogP contribution is 2.33. The normalized spacial score (nSPS) is 17.1. The molecule has 3 aromatic rings. The number of carbonyl (C=O) groups is 2. The van der Waals surface area contributed by atoms with Gasteiger partial charge in [0.1, 0.15) is 5.75 Å². The molecule has 1 fully saturated rings. The van der Waals surface area contributed by atoms with E-state index in [0.29, 0.717) is 17.0 Å². The van der Waals surface area contributed by atoms with Crippen LogP contribution in [-0.2, 0) is 22.6 Å². The van der Waals surface area contributed by atoms with Crippen LogP contribution >= 0.6 is 0 Å². The van der Waals surface area contributed by atoms with Crippen molar-refractivity contribution in [3.05, 3.63) is 95.1 Å². The SMILES string of the molecule is COc1cccc(N2C(=O)C/C(=C\c3ccccc3N3CCc4ccccc4C3)C2=O)c1. The van der Waals surface area contributed by atoms with E-state index in [2.05, 4.69) is 35.2 Å². The van der Waals surface area contributed by atoms with Crippen LogP contribution in [0.2, 0.25) is 0 Å². The highest BCUT2D eigenvalue weighted by molar-refractivity contribution is 6.29. The van der Waals surface area contributed by atoms with Gasteiger partial charge in [-0.3, -0.25) is 9.59 Å². The topological polar surface area (TPSA) is 49.9 Å². The third-order valence-corrected chi connectivity index (χ3v) is 6.12. The van der Waals surface area contributed by atoms with Crippen LogP contribution in [-0.4, -0.2) is 25.5 Å². The second kappa shape index (κ2) is 8.35. The number of methoxy groups -OCH3 is 1. The number of carbonyl (C=O) groups excluding carboxylic acids is 2. The molecule has 0 atom stereocenters. The molecule has 0 spiro atoms. The lowest BCUT2D eigenvalue weighted by molar-refractivity contribution is -0.120. The standard InChI is InChI=1S/C27H24N2O3/c1-32-24-11-6-10-23(17-24)29-26(30)16-22(27(29)31)15-20-8-4-5-12-25(20)28-14-13-19-7-2-3-9-21(19)18-28/h2-12,15,17H,13-14,16,18H2,1H3/b22-15+. The van der Waals surface area contributed by atoms with Gasteiger partial charge in [-0.25, -0.2) is 4.90 Å². The van der Waals surface area contributed by atoms with Crippen LogP contribution in [0.4, 0.5) is 11.4 Å². The van der Waals surface area contributed by atoms with Gasteiger partial charge in [-0.15, -0.1) is 0 Å². The molecule has 5 heteroatoms. The monoisotopic (exact) mass is 424 g/mol. The summed E-state index contributed by atoms with van der Waals surface area (Å²) in [6.07, 6.45) is 2.95. The first-order valence-electron chi connectivity index (χ1n) is 10.8. The zero-order chi connectivity index (χ0) is 22.1. The van der Waals surface area contributed by atoms with E-state index in [1.165, 1.54) is 16.0 Å². The molecular weight excluding hydrogens is 400 g/mol. The fraction of sp³-hybridized carbons (Fsp3) is 0.185. The fourth-order valence-corrected chi connectivity index (χ4v) is 4.48. The summed E-state index contributed by atoms with van der Waals surface area (Å²) in [7, 11) is 1.56. The van der Waals surface area contributed by atoms with Crippen molar-refractivity contribution in [3.8, 4) is 5.75 Å². The van der Waals surface area contributed by atoms with Crippen LogP contribution in [0.1, 0.15) is 23.1 Å². The van der Waals surface area contributed by atoms with Gasteiger partial charge in [0.05, 0.1) is 19.2 Å². The molecule has 3 aromatic carbocycles. The Balaban J connectivity index is 1.45. The smallest absolute Gasteiger partial charge is 0.261 e. The molecular formula is C27H24N2O3. The third-order valence-electron chi connectivity index (χ3n) is 6.12. The summed E-state index contributed by atoms with van der Waals surface area (Å²) in [6.45, 7) is 1.75. The number of para-hydroxylation sites is 1. The van der Waals surface area contributed by atoms with E-state index in [-0.39, 0.29) is 18.2 Å². The number of anilines is 2. The predicted molar refractivity (Wildman–Crippen MR) is 126 cm³/mol. The molecule has 0 N–H and O–H groups in total. The quantitative estimate of drug-likeness (QED) is 0.454. The lowest BCUT2D eigenvalue weighted by Gasteiger charge is -2.32. The van der Waals surface area contributed by atoms with Crippen LogP contribution in [0.25, 0.3) is 6.08 Å².